The van der Waals surface area contributed by atoms with E-state index in [9.17, 15) is 19.8 Å². The van der Waals surface area contributed by atoms with Gasteiger partial charge in [0, 0.05) is 13.1 Å². The third-order valence-electron chi connectivity index (χ3n) is 7.42. The van der Waals surface area contributed by atoms with Crippen molar-refractivity contribution >= 4 is 11.9 Å². The van der Waals surface area contributed by atoms with Crippen LogP contribution in [0.3, 0.4) is 0 Å². The Labute approximate surface area is 218 Å². The van der Waals surface area contributed by atoms with Crippen LogP contribution in [-0.2, 0) is 24.4 Å². The molecule has 5 N–H and O–H groups in total. The molecule has 1 saturated heterocycles. The quantitative estimate of drug-likeness (QED) is 0.335. The van der Waals surface area contributed by atoms with Gasteiger partial charge in [0.1, 0.15) is 11.4 Å². The average Bonchev–Trinajstić information content (AvgIpc) is 3.13. The number of hydrogen-bond donors (Lipinski definition) is 5. The third-order valence-corrected chi connectivity index (χ3v) is 7.42. The van der Waals surface area contributed by atoms with E-state index in [1.165, 1.54) is 44.2 Å². The average molecular weight is 507 g/mol. The van der Waals surface area contributed by atoms with Gasteiger partial charge in [-0.1, -0.05) is 62.4 Å². The predicted octanol–water partition coefficient (Wildman–Crippen LogP) is 4.62. The van der Waals surface area contributed by atoms with Crippen LogP contribution < -0.4 is 16.0 Å². The van der Waals surface area contributed by atoms with Gasteiger partial charge in [0.05, 0.1) is 6.54 Å². The molecule has 4 rings (SSSR count). The number of hydrogen-bond acceptors (Lipinski definition) is 5. The highest BCUT2D eigenvalue weighted by Gasteiger charge is 2.46. The fourth-order valence-electron chi connectivity index (χ4n) is 5.35. The lowest BCUT2D eigenvalue weighted by atomic mass is 9.80. The number of amides is 3. The second-order valence-electron chi connectivity index (χ2n) is 10.4. The molecule has 2 aromatic carbocycles. The Bertz CT molecular complexity index is 1140. The van der Waals surface area contributed by atoms with Crippen LogP contribution in [0.4, 0.5) is 4.79 Å². The van der Waals surface area contributed by atoms with E-state index in [1.54, 1.807) is 6.07 Å². The Hall–Kier alpha value is -3.68. The van der Waals surface area contributed by atoms with E-state index >= 15 is 0 Å². The SMILES string of the molecule is CC=C1NC(C)(CC2CCCCC2)C(=O)N1Cc1ccc(CNC(=O)NCc2ccc(O)c(O)c2)cc1. The number of carbonyl (C=O) groups excluding carboxylic acids is 2. The number of allylic oxidation sites excluding steroid dienone is 1. The summed E-state index contributed by atoms with van der Waals surface area (Å²) in [5.74, 6) is 1.19. The van der Waals surface area contributed by atoms with Crippen molar-refractivity contribution in [2.24, 2.45) is 5.92 Å². The van der Waals surface area contributed by atoms with Gasteiger partial charge in [0.2, 0.25) is 0 Å². The molecule has 2 aromatic rings. The summed E-state index contributed by atoms with van der Waals surface area (Å²) in [6, 6.07) is 12.0. The standard InChI is InChI=1S/C29H38N4O4/c1-3-26-32-29(2,16-20-7-5-4-6-8-20)27(36)33(26)19-22-11-9-21(10-12-22)17-30-28(37)31-18-23-13-14-24(34)25(35)15-23/h3,9-15,20,32,34-35H,4-8,16-19H2,1-2H3,(H2,30,31,37). The van der Waals surface area contributed by atoms with Crippen LogP contribution >= 0.6 is 0 Å². The van der Waals surface area contributed by atoms with E-state index < -0.39 is 5.54 Å². The second kappa shape index (κ2) is 11.6. The number of rotatable bonds is 8. The Morgan fingerprint density at radius 3 is 2.27 bits per heavy atom. The maximum atomic E-state index is 13.5. The number of nitrogens with one attached hydrogen (secondary N) is 3. The van der Waals surface area contributed by atoms with Gasteiger partial charge in [0.15, 0.2) is 11.5 Å². The van der Waals surface area contributed by atoms with Crippen LogP contribution in [0.15, 0.2) is 54.4 Å². The lowest BCUT2D eigenvalue weighted by Gasteiger charge is -2.30. The first-order chi connectivity index (χ1) is 17.8. The molecule has 0 spiro atoms. The van der Waals surface area contributed by atoms with Crippen molar-refractivity contribution in [3.05, 3.63) is 71.1 Å². The van der Waals surface area contributed by atoms with E-state index in [-0.39, 0.29) is 30.0 Å². The lowest BCUT2D eigenvalue weighted by molar-refractivity contribution is -0.132. The molecule has 3 amide bonds. The second-order valence-corrected chi connectivity index (χ2v) is 10.4. The molecule has 1 atom stereocenters. The topological polar surface area (TPSA) is 114 Å². The van der Waals surface area contributed by atoms with E-state index in [1.807, 2.05) is 49.1 Å². The molecule has 2 aliphatic rings. The zero-order valence-electron chi connectivity index (χ0n) is 21.7. The minimum absolute atomic E-state index is 0.135. The van der Waals surface area contributed by atoms with Crippen LogP contribution in [-0.4, -0.2) is 32.6 Å². The van der Waals surface area contributed by atoms with Gasteiger partial charge < -0.3 is 26.2 Å². The molecule has 0 radical (unpaired) electrons. The van der Waals surface area contributed by atoms with E-state index in [2.05, 4.69) is 16.0 Å². The first-order valence-corrected chi connectivity index (χ1v) is 13.1. The minimum atomic E-state index is -0.556. The highest BCUT2D eigenvalue weighted by Crippen LogP contribution is 2.35. The van der Waals surface area contributed by atoms with Crippen molar-refractivity contribution in [2.45, 2.75) is 77.5 Å². The molecule has 8 heteroatoms. The fraction of sp³-hybridized carbons (Fsp3) is 0.448. The zero-order chi connectivity index (χ0) is 26.4. The van der Waals surface area contributed by atoms with Crippen LogP contribution in [0.5, 0.6) is 11.5 Å². The fourth-order valence-corrected chi connectivity index (χ4v) is 5.35. The van der Waals surface area contributed by atoms with Gasteiger partial charge in [-0.15, -0.1) is 0 Å². The molecule has 37 heavy (non-hydrogen) atoms. The molecule has 1 saturated carbocycles. The highest BCUT2D eigenvalue weighted by atomic mass is 16.3. The van der Waals surface area contributed by atoms with Crippen molar-refractivity contribution in [3.8, 4) is 11.5 Å². The number of carbonyl (C=O) groups is 2. The van der Waals surface area contributed by atoms with E-state index in [4.69, 9.17) is 0 Å². The summed E-state index contributed by atoms with van der Waals surface area (Å²) in [6.07, 6.45) is 9.11. The first-order valence-electron chi connectivity index (χ1n) is 13.1. The normalized spacial score (nSPS) is 21.2. The Balaban J connectivity index is 1.28. The van der Waals surface area contributed by atoms with Gasteiger partial charge in [-0.2, -0.15) is 0 Å². The Morgan fingerprint density at radius 2 is 1.62 bits per heavy atom. The molecule has 8 nitrogen and oxygen atoms in total. The Morgan fingerprint density at radius 1 is 1.00 bits per heavy atom. The predicted molar refractivity (Wildman–Crippen MR) is 142 cm³/mol. The van der Waals surface area contributed by atoms with Gasteiger partial charge >= 0.3 is 6.03 Å². The number of aromatic hydroxyl groups is 2. The van der Waals surface area contributed by atoms with Crippen molar-refractivity contribution in [1.82, 2.24) is 20.9 Å². The molecule has 0 aromatic heterocycles. The van der Waals surface area contributed by atoms with Gasteiger partial charge in [-0.05, 0) is 61.1 Å². The first kappa shape index (κ1) is 26.4. The summed E-state index contributed by atoms with van der Waals surface area (Å²) in [7, 11) is 0. The van der Waals surface area contributed by atoms with Crippen LogP contribution in [0.25, 0.3) is 0 Å². The third kappa shape index (κ3) is 6.56. The maximum Gasteiger partial charge on any atom is 0.315 e. The lowest BCUT2D eigenvalue weighted by Crippen LogP contribution is -2.45. The number of phenols is 2. The number of urea groups is 1. The summed E-state index contributed by atoms with van der Waals surface area (Å²) in [4.78, 5) is 27.5. The van der Waals surface area contributed by atoms with E-state index in [0.717, 1.165) is 23.4 Å². The summed E-state index contributed by atoms with van der Waals surface area (Å²) < 4.78 is 0. The minimum Gasteiger partial charge on any atom is -0.504 e. The van der Waals surface area contributed by atoms with Gasteiger partial charge in [-0.3, -0.25) is 9.69 Å². The van der Waals surface area contributed by atoms with Crippen molar-refractivity contribution in [2.75, 3.05) is 0 Å². The smallest absolute Gasteiger partial charge is 0.315 e. The Kier molecular flexibility index (Phi) is 8.26. The molecular formula is C29H38N4O4. The zero-order valence-corrected chi connectivity index (χ0v) is 21.7. The largest absolute Gasteiger partial charge is 0.504 e. The highest BCUT2D eigenvalue weighted by molar-refractivity contribution is 5.90. The molecule has 1 unspecified atom stereocenters. The molecule has 1 aliphatic carbocycles. The van der Waals surface area contributed by atoms with Gasteiger partial charge in [0.25, 0.3) is 5.91 Å². The number of benzene rings is 2. The molecule has 1 aliphatic heterocycles. The van der Waals surface area contributed by atoms with Crippen molar-refractivity contribution < 1.29 is 19.8 Å². The van der Waals surface area contributed by atoms with Gasteiger partial charge in [-0.25, -0.2) is 4.79 Å². The summed E-state index contributed by atoms with van der Waals surface area (Å²) >= 11 is 0. The van der Waals surface area contributed by atoms with Crippen molar-refractivity contribution in [3.63, 3.8) is 0 Å². The summed E-state index contributed by atoms with van der Waals surface area (Å²) in [5, 5.41) is 28.0. The monoisotopic (exact) mass is 506 g/mol. The number of nitrogens with zero attached hydrogens (tertiary/aromatic N) is 1. The molecule has 1 heterocycles. The molecule has 198 valence electrons. The molecule has 0 bridgehead atoms. The maximum absolute atomic E-state index is 13.5. The molecular weight excluding hydrogens is 468 g/mol. The van der Waals surface area contributed by atoms with Crippen molar-refractivity contribution in [1.29, 1.82) is 0 Å². The van der Waals surface area contributed by atoms with Crippen LogP contribution in [0.2, 0.25) is 0 Å². The number of phenolic OH excluding ortho intramolecular Hbond substituents is 2. The summed E-state index contributed by atoms with van der Waals surface area (Å²) in [6.45, 7) is 5.08. The van der Waals surface area contributed by atoms with E-state index in [0.29, 0.717) is 24.6 Å². The molecule has 2 fully saturated rings. The van der Waals surface area contributed by atoms with Crippen LogP contribution in [0, 0.1) is 5.92 Å². The van der Waals surface area contributed by atoms with Crippen LogP contribution in [0.1, 0.15) is 69.1 Å². The summed E-state index contributed by atoms with van der Waals surface area (Å²) in [5.41, 5.74) is 2.09.